The van der Waals surface area contributed by atoms with Crippen LogP contribution in [0.5, 0.6) is 5.75 Å². The van der Waals surface area contributed by atoms with E-state index in [2.05, 4.69) is 0 Å². The van der Waals surface area contributed by atoms with Crippen LogP contribution in [0.15, 0.2) is 42.5 Å². The van der Waals surface area contributed by atoms with Gasteiger partial charge in [0, 0.05) is 5.46 Å². The molecule has 0 radical (unpaired) electrons. The van der Waals surface area contributed by atoms with E-state index >= 15 is 0 Å². The van der Waals surface area contributed by atoms with E-state index in [4.69, 9.17) is 14.8 Å². The summed E-state index contributed by atoms with van der Waals surface area (Å²) >= 11 is 0. The first kappa shape index (κ1) is 16.3. The number of alkyl halides is 3. The van der Waals surface area contributed by atoms with Crippen molar-refractivity contribution in [2.75, 3.05) is 0 Å². The molecule has 116 valence electrons. The maximum Gasteiger partial charge on any atom is 0.492 e. The van der Waals surface area contributed by atoms with Crippen LogP contribution in [0.2, 0.25) is 0 Å². The minimum absolute atomic E-state index is 0.227. The third kappa shape index (κ3) is 3.77. The van der Waals surface area contributed by atoms with Gasteiger partial charge in [-0.05, 0) is 17.7 Å². The van der Waals surface area contributed by atoms with Gasteiger partial charge in [0.15, 0.2) is 0 Å². The summed E-state index contributed by atoms with van der Waals surface area (Å²) in [5, 5.41) is 18.3. The number of hydrogen-bond acceptors (Lipinski definition) is 3. The predicted octanol–water partition coefficient (Wildman–Crippen LogP) is 2.10. The molecule has 0 unspecified atom stereocenters. The highest BCUT2D eigenvalue weighted by molar-refractivity contribution is 6.59. The Kier molecular flexibility index (Phi) is 4.73. The van der Waals surface area contributed by atoms with E-state index in [1.165, 1.54) is 0 Å². The van der Waals surface area contributed by atoms with E-state index in [9.17, 15) is 17.6 Å². The average Bonchev–Trinajstić information content (AvgIpc) is 2.45. The molecule has 0 fully saturated rings. The zero-order valence-corrected chi connectivity index (χ0v) is 11.1. The molecule has 0 amide bonds. The Morgan fingerprint density at radius 2 is 1.68 bits per heavy atom. The van der Waals surface area contributed by atoms with Crippen molar-refractivity contribution in [2.24, 2.45) is 0 Å². The molecule has 0 spiro atoms. The van der Waals surface area contributed by atoms with Crippen molar-refractivity contribution in [1.82, 2.24) is 0 Å². The molecule has 8 heteroatoms. The van der Waals surface area contributed by atoms with Crippen LogP contribution in [0.3, 0.4) is 0 Å². The fourth-order valence-corrected chi connectivity index (χ4v) is 1.91. The van der Waals surface area contributed by atoms with E-state index < -0.39 is 35.9 Å². The SMILES string of the molecule is OB(O)c1cc(F)cc(C(F)(F)F)c1OCc1ccccc1. The smallest absolute Gasteiger partial charge is 0.489 e. The summed E-state index contributed by atoms with van der Waals surface area (Å²) in [6.45, 7) is -0.227. The summed E-state index contributed by atoms with van der Waals surface area (Å²) in [5.74, 6) is -2.03. The fourth-order valence-electron chi connectivity index (χ4n) is 1.91. The van der Waals surface area contributed by atoms with Crippen molar-refractivity contribution in [3.05, 3.63) is 59.4 Å². The molecular weight excluding hydrogens is 303 g/mol. The van der Waals surface area contributed by atoms with Crippen molar-refractivity contribution >= 4 is 12.6 Å². The van der Waals surface area contributed by atoms with Crippen LogP contribution in [-0.2, 0) is 12.8 Å². The lowest BCUT2D eigenvalue weighted by atomic mass is 9.78. The molecule has 0 saturated heterocycles. The zero-order valence-electron chi connectivity index (χ0n) is 11.1. The average molecular weight is 314 g/mol. The summed E-state index contributed by atoms with van der Waals surface area (Å²) < 4.78 is 57.3. The van der Waals surface area contributed by atoms with Crippen molar-refractivity contribution in [3.63, 3.8) is 0 Å². The fraction of sp³-hybridized carbons (Fsp3) is 0.143. The lowest BCUT2D eigenvalue weighted by Crippen LogP contribution is -2.33. The van der Waals surface area contributed by atoms with Gasteiger partial charge in [-0.3, -0.25) is 0 Å². The number of ether oxygens (including phenoxy) is 1. The van der Waals surface area contributed by atoms with E-state index in [-0.39, 0.29) is 12.7 Å². The van der Waals surface area contributed by atoms with Gasteiger partial charge in [-0.15, -0.1) is 0 Å². The van der Waals surface area contributed by atoms with Crippen LogP contribution in [0, 0.1) is 5.82 Å². The lowest BCUT2D eigenvalue weighted by molar-refractivity contribution is -0.139. The molecule has 2 aromatic carbocycles. The molecule has 0 aromatic heterocycles. The molecule has 0 bridgehead atoms. The van der Waals surface area contributed by atoms with E-state index in [0.717, 1.165) is 0 Å². The third-order valence-corrected chi connectivity index (χ3v) is 2.89. The highest BCUT2D eigenvalue weighted by Crippen LogP contribution is 2.36. The first-order chi connectivity index (χ1) is 10.3. The standard InChI is InChI=1S/C14H11BF4O3/c16-10-6-11(14(17,18)19)13(12(7-10)15(20)21)22-8-9-4-2-1-3-5-9/h1-7,20-21H,8H2. The quantitative estimate of drug-likeness (QED) is 0.671. The molecule has 0 heterocycles. The normalized spacial score (nSPS) is 11.4. The van der Waals surface area contributed by atoms with Crippen molar-refractivity contribution in [1.29, 1.82) is 0 Å². The van der Waals surface area contributed by atoms with Gasteiger partial charge in [0.1, 0.15) is 23.7 Å². The minimum Gasteiger partial charge on any atom is -0.489 e. The summed E-state index contributed by atoms with van der Waals surface area (Å²) in [6.07, 6.45) is -4.89. The van der Waals surface area contributed by atoms with Gasteiger partial charge in [-0.2, -0.15) is 13.2 Å². The maximum absolute atomic E-state index is 13.3. The van der Waals surface area contributed by atoms with Crippen LogP contribution in [0.25, 0.3) is 0 Å². The Bertz CT molecular complexity index is 645. The van der Waals surface area contributed by atoms with Crippen LogP contribution < -0.4 is 10.2 Å². The van der Waals surface area contributed by atoms with Gasteiger partial charge in [-0.25, -0.2) is 4.39 Å². The van der Waals surface area contributed by atoms with Crippen LogP contribution in [0.4, 0.5) is 17.6 Å². The van der Waals surface area contributed by atoms with E-state index in [1.807, 2.05) is 0 Å². The topological polar surface area (TPSA) is 49.7 Å². The molecule has 0 aliphatic carbocycles. The Morgan fingerprint density at radius 1 is 1.05 bits per heavy atom. The van der Waals surface area contributed by atoms with Gasteiger partial charge in [0.05, 0.1) is 0 Å². The maximum atomic E-state index is 13.3. The van der Waals surface area contributed by atoms with Crippen LogP contribution >= 0.6 is 0 Å². The highest BCUT2D eigenvalue weighted by Gasteiger charge is 2.38. The number of benzene rings is 2. The molecule has 0 saturated carbocycles. The summed E-state index contributed by atoms with van der Waals surface area (Å²) in [4.78, 5) is 0. The van der Waals surface area contributed by atoms with Gasteiger partial charge in [-0.1, -0.05) is 30.3 Å². The summed E-state index contributed by atoms with van der Waals surface area (Å²) in [6, 6.07) is 9.20. The van der Waals surface area contributed by atoms with Crippen LogP contribution in [-0.4, -0.2) is 17.2 Å². The second-order valence-electron chi connectivity index (χ2n) is 4.52. The highest BCUT2D eigenvalue weighted by atomic mass is 19.4. The van der Waals surface area contributed by atoms with Crippen molar-refractivity contribution < 1.29 is 32.3 Å². The minimum atomic E-state index is -4.89. The molecule has 0 aliphatic rings. The Hall–Kier alpha value is -2.06. The molecule has 0 aliphatic heterocycles. The van der Waals surface area contributed by atoms with Crippen molar-refractivity contribution in [3.8, 4) is 5.75 Å². The predicted molar refractivity (Wildman–Crippen MR) is 72.0 cm³/mol. The largest absolute Gasteiger partial charge is 0.492 e. The molecular formula is C14H11BF4O3. The van der Waals surface area contributed by atoms with Gasteiger partial charge < -0.3 is 14.8 Å². The monoisotopic (exact) mass is 314 g/mol. The Balaban J connectivity index is 2.42. The molecule has 3 nitrogen and oxygen atoms in total. The number of halogens is 4. The van der Waals surface area contributed by atoms with Crippen LogP contribution in [0.1, 0.15) is 11.1 Å². The molecule has 2 aromatic rings. The first-order valence-electron chi connectivity index (χ1n) is 6.22. The number of hydrogen-bond donors (Lipinski definition) is 2. The lowest BCUT2D eigenvalue weighted by Gasteiger charge is -2.18. The Morgan fingerprint density at radius 3 is 2.23 bits per heavy atom. The third-order valence-electron chi connectivity index (χ3n) is 2.89. The molecule has 2 rings (SSSR count). The second-order valence-corrected chi connectivity index (χ2v) is 4.52. The van der Waals surface area contributed by atoms with Gasteiger partial charge in [0.25, 0.3) is 0 Å². The second kappa shape index (κ2) is 6.37. The van der Waals surface area contributed by atoms with E-state index in [1.54, 1.807) is 30.3 Å². The number of rotatable bonds is 4. The molecule has 22 heavy (non-hydrogen) atoms. The summed E-state index contributed by atoms with van der Waals surface area (Å²) in [7, 11) is -2.29. The zero-order chi connectivity index (χ0) is 16.3. The van der Waals surface area contributed by atoms with Gasteiger partial charge in [0.2, 0.25) is 0 Å². The molecule has 2 N–H and O–H groups in total. The summed E-state index contributed by atoms with van der Waals surface area (Å²) in [5.41, 5.74) is -1.49. The van der Waals surface area contributed by atoms with E-state index in [0.29, 0.717) is 11.6 Å². The Labute approximate surface area is 123 Å². The van der Waals surface area contributed by atoms with Crippen molar-refractivity contribution in [2.45, 2.75) is 12.8 Å². The first-order valence-corrected chi connectivity index (χ1v) is 6.22. The molecule has 0 atom stereocenters. The van der Waals surface area contributed by atoms with Gasteiger partial charge >= 0.3 is 13.3 Å².